The molecular formula is C17H12BrCl2N. The minimum Gasteiger partial charge on any atom is -0.381 e. The quantitative estimate of drug-likeness (QED) is 0.545. The number of halogens is 3. The molecule has 0 aliphatic carbocycles. The number of nitrogens with one attached hydrogen (secondary N) is 1. The molecule has 3 aromatic rings. The number of rotatable bonds is 3. The van der Waals surface area contributed by atoms with Gasteiger partial charge in [0.1, 0.15) is 0 Å². The van der Waals surface area contributed by atoms with Gasteiger partial charge in [-0.1, -0.05) is 51.3 Å². The van der Waals surface area contributed by atoms with Crippen LogP contribution >= 0.6 is 39.1 Å². The van der Waals surface area contributed by atoms with Gasteiger partial charge in [-0.15, -0.1) is 0 Å². The molecule has 0 spiro atoms. The zero-order chi connectivity index (χ0) is 14.8. The molecule has 0 bridgehead atoms. The van der Waals surface area contributed by atoms with E-state index in [0.717, 1.165) is 15.7 Å². The molecular weight excluding hydrogens is 369 g/mol. The summed E-state index contributed by atoms with van der Waals surface area (Å²) in [7, 11) is 0. The normalized spacial score (nSPS) is 10.8. The summed E-state index contributed by atoms with van der Waals surface area (Å²) in [6.45, 7) is 0.683. The lowest BCUT2D eigenvalue weighted by atomic mass is 10.1. The van der Waals surface area contributed by atoms with E-state index in [4.69, 9.17) is 23.2 Å². The van der Waals surface area contributed by atoms with Crippen LogP contribution in [0.3, 0.4) is 0 Å². The number of fused-ring (bicyclic) bond motifs is 1. The summed E-state index contributed by atoms with van der Waals surface area (Å²) in [4.78, 5) is 0. The lowest BCUT2D eigenvalue weighted by molar-refractivity contribution is 1.15. The van der Waals surface area contributed by atoms with Crippen molar-refractivity contribution in [1.29, 1.82) is 0 Å². The number of hydrogen-bond acceptors (Lipinski definition) is 1. The Morgan fingerprint density at radius 3 is 2.24 bits per heavy atom. The first-order valence-corrected chi connectivity index (χ1v) is 8.03. The highest BCUT2D eigenvalue weighted by molar-refractivity contribution is 9.10. The minimum atomic E-state index is 0.655. The van der Waals surface area contributed by atoms with Gasteiger partial charge in [-0.3, -0.25) is 0 Å². The molecule has 0 radical (unpaired) electrons. The van der Waals surface area contributed by atoms with E-state index in [1.807, 2.05) is 18.2 Å². The molecule has 0 heterocycles. The Morgan fingerprint density at radius 1 is 0.810 bits per heavy atom. The topological polar surface area (TPSA) is 12.0 Å². The van der Waals surface area contributed by atoms with Crippen molar-refractivity contribution in [3.8, 4) is 0 Å². The van der Waals surface area contributed by atoms with Gasteiger partial charge in [0.25, 0.3) is 0 Å². The Hall–Kier alpha value is -1.22. The van der Waals surface area contributed by atoms with E-state index in [1.165, 1.54) is 10.8 Å². The van der Waals surface area contributed by atoms with Crippen LogP contribution in [-0.2, 0) is 6.54 Å². The summed E-state index contributed by atoms with van der Waals surface area (Å²) in [5, 5.41) is 7.11. The summed E-state index contributed by atoms with van der Waals surface area (Å²) in [5.74, 6) is 0. The molecule has 0 amide bonds. The van der Waals surface area contributed by atoms with Crippen molar-refractivity contribution in [3.63, 3.8) is 0 Å². The van der Waals surface area contributed by atoms with E-state index >= 15 is 0 Å². The summed E-state index contributed by atoms with van der Waals surface area (Å²) >= 11 is 15.5. The van der Waals surface area contributed by atoms with Crippen LogP contribution in [0.15, 0.2) is 59.1 Å². The first-order chi connectivity index (χ1) is 10.1. The molecule has 0 aliphatic rings. The molecule has 0 saturated heterocycles. The lowest BCUT2D eigenvalue weighted by Crippen LogP contribution is -1.99. The van der Waals surface area contributed by atoms with Crippen LogP contribution in [0.4, 0.5) is 5.69 Å². The average Bonchev–Trinajstić information content (AvgIpc) is 2.44. The van der Waals surface area contributed by atoms with Gasteiger partial charge in [0.2, 0.25) is 0 Å². The van der Waals surface area contributed by atoms with Gasteiger partial charge >= 0.3 is 0 Å². The molecule has 0 saturated carbocycles. The zero-order valence-electron chi connectivity index (χ0n) is 11.0. The van der Waals surface area contributed by atoms with Gasteiger partial charge in [0.15, 0.2) is 0 Å². The minimum absolute atomic E-state index is 0.655. The predicted molar refractivity (Wildman–Crippen MR) is 95.4 cm³/mol. The standard InChI is InChI=1S/C17H12BrCl2N/c18-14-3-1-13-8-17(4-2-12(13)7-14)21-10-11-5-15(19)9-16(20)6-11/h1-9,21H,10H2. The van der Waals surface area contributed by atoms with Crippen molar-refractivity contribution < 1.29 is 0 Å². The maximum atomic E-state index is 6.01. The molecule has 0 aliphatic heterocycles. The smallest absolute Gasteiger partial charge is 0.0424 e. The van der Waals surface area contributed by atoms with E-state index in [-0.39, 0.29) is 0 Å². The van der Waals surface area contributed by atoms with Gasteiger partial charge in [-0.05, 0) is 58.8 Å². The average molecular weight is 381 g/mol. The van der Waals surface area contributed by atoms with Crippen LogP contribution in [0.2, 0.25) is 10.0 Å². The Balaban J connectivity index is 1.80. The van der Waals surface area contributed by atoms with E-state index in [9.17, 15) is 0 Å². The largest absolute Gasteiger partial charge is 0.381 e. The van der Waals surface area contributed by atoms with Crippen molar-refractivity contribution >= 4 is 55.6 Å². The molecule has 1 N–H and O–H groups in total. The van der Waals surface area contributed by atoms with Crippen LogP contribution in [-0.4, -0.2) is 0 Å². The van der Waals surface area contributed by atoms with Crippen LogP contribution < -0.4 is 5.32 Å². The van der Waals surface area contributed by atoms with Crippen molar-refractivity contribution in [1.82, 2.24) is 0 Å². The predicted octanol–water partition coefficient (Wildman–Crippen LogP) is 6.52. The van der Waals surface area contributed by atoms with E-state index in [2.05, 4.69) is 51.6 Å². The van der Waals surface area contributed by atoms with Gasteiger partial charge in [-0.2, -0.15) is 0 Å². The Labute approximate surface area is 142 Å². The van der Waals surface area contributed by atoms with Crippen molar-refractivity contribution in [3.05, 3.63) is 74.7 Å². The fraction of sp³-hybridized carbons (Fsp3) is 0.0588. The third kappa shape index (κ3) is 3.70. The first-order valence-electron chi connectivity index (χ1n) is 6.48. The number of benzene rings is 3. The Bertz CT molecular complexity index is 782. The van der Waals surface area contributed by atoms with Crippen molar-refractivity contribution in [2.24, 2.45) is 0 Å². The summed E-state index contributed by atoms with van der Waals surface area (Å²) in [6.07, 6.45) is 0. The number of hydrogen-bond donors (Lipinski definition) is 1. The molecule has 0 unspecified atom stereocenters. The molecule has 0 atom stereocenters. The van der Waals surface area contributed by atoms with Crippen LogP contribution in [0, 0.1) is 0 Å². The monoisotopic (exact) mass is 379 g/mol. The summed E-state index contributed by atoms with van der Waals surface area (Å²) < 4.78 is 1.09. The highest BCUT2D eigenvalue weighted by Crippen LogP contribution is 2.24. The second-order valence-corrected chi connectivity index (χ2v) is 6.63. The van der Waals surface area contributed by atoms with Crippen molar-refractivity contribution in [2.45, 2.75) is 6.54 Å². The maximum absolute atomic E-state index is 6.01. The molecule has 3 rings (SSSR count). The molecule has 0 aromatic heterocycles. The highest BCUT2D eigenvalue weighted by atomic mass is 79.9. The third-order valence-corrected chi connectivity index (χ3v) is 4.15. The second kappa shape index (κ2) is 6.27. The van der Waals surface area contributed by atoms with E-state index < -0.39 is 0 Å². The second-order valence-electron chi connectivity index (χ2n) is 4.84. The van der Waals surface area contributed by atoms with Crippen LogP contribution in [0.5, 0.6) is 0 Å². The summed E-state index contributed by atoms with van der Waals surface area (Å²) in [5.41, 5.74) is 2.13. The molecule has 106 valence electrons. The van der Waals surface area contributed by atoms with Gasteiger partial charge in [-0.25, -0.2) is 0 Å². The van der Waals surface area contributed by atoms with E-state index in [0.29, 0.717) is 16.6 Å². The van der Waals surface area contributed by atoms with Crippen LogP contribution in [0.1, 0.15) is 5.56 Å². The highest BCUT2D eigenvalue weighted by Gasteiger charge is 2.00. The SMILES string of the molecule is Clc1cc(Cl)cc(CNc2ccc3cc(Br)ccc3c2)c1. The third-order valence-electron chi connectivity index (χ3n) is 3.22. The Morgan fingerprint density at radius 2 is 1.48 bits per heavy atom. The fourth-order valence-electron chi connectivity index (χ4n) is 2.24. The van der Waals surface area contributed by atoms with E-state index in [1.54, 1.807) is 6.07 Å². The Kier molecular flexibility index (Phi) is 4.39. The summed E-state index contributed by atoms with van der Waals surface area (Å²) in [6, 6.07) is 18.1. The zero-order valence-corrected chi connectivity index (χ0v) is 14.1. The molecule has 1 nitrogen and oxygen atoms in total. The van der Waals surface area contributed by atoms with Gasteiger partial charge in [0, 0.05) is 26.8 Å². The molecule has 4 heteroatoms. The van der Waals surface area contributed by atoms with Gasteiger partial charge < -0.3 is 5.32 Å². The molecule has 0 fully saturated rings. The lowest BCUT2D eigenvalue weighted by Gasteiger charge is -2.09. The maximum Gasteiger partial charge on any atom is 0.0424 e. The van der Waals surface area contributed by atoms with Gasteiger partial charge in [0.05, 0.1) is 0 Å². The molecule has 21 heavy (non-hydrogen) atoms. The van der Waals surface area contributed by atoms with Crippen LogP contribution in [0.25, 0.3) is 10.8 Å². The molecule has 3 aromatic carbocycles. The number of anilines is 1. The first kappa shape index (κ1) is 14.7. The van der Waals surface area contributed by atoms with Crippen molar-refractivity contribution in [2.75, 3.05) is 5.32 Å². The fourth-order valence-corrected chi connectivity index (χ4v) is 3.19.